The van der Waals surface area contributed by atoms with Crippen molar-refractivity contribution in [2.75, 3.05) is 15.8 Å². The van der Waals surface area contributed by atoms with E-state index in [1.807, 2.05) is 0 Å². The fourth-order valence-electron chi connectivity index (χ4n) is 1.99. The van der Waals surface area contributed by atoms with Gasteiger partial charge in [-0.15, -0.1) is 0 Å². The number of hydrazone groups is 1. The molecule has 7 N–H and O–H groups in total. The minimum absolute atomic E-state index is 0.0768. The highest BCUT2D eigenvalue weighted by molar-refractivity contribution is 6.31. The van der Waals surface area contributed by atoms with Crippen molar-refractivity contribution in [3.63, 3.8) is 0 Å². The summed E-state index contributed by atoms with van der Waals surface area (Å²) in [5.41, 5.74) is 4.72. The van der Waals surface area contributed by atoms with Gasteiger partial charge in [-0.25, -0.2) is 10.6 Å². The summed E-state index contributed by atoms with van der Waals surface area (Å²) in [4.78, 5) is 11.9. The van der Waals surface area contributed by atoms with Gasteiger partial charge in [0.2, 0.25) is 0 Å². The van der Waals surface area contributed by atoms with E-state index in [-0.39, 0.29) is 5.69 Å². The lowest BCUT2D eigenvalue weighted by atomic mass is 10.2. The highest BCUT2D eigenvalue weighted by Crippen LogP contribution is 2.36. The second-order valence-corrected chi connectivity index (χ2v) is 5.53. The van der Waals surface area contributed by atoms with Gasteiger partial charge in [-0.2, -0.15) is 18.3 Å². The largest absolute Gasteiger partial charge is 0.417 e. The Hall–Kier alpha value is -3.18. The maximum absolute atomic E-state index is 12.8. The van der Waals surface area contributed by atoms with E-state index in [0.717, 1.165) is 17.1 Å². The van der Waals surface area contributed by atoms with Crippen LogP contribution in [0.1, 0.15) is 5.56 Å². The van der Waals surface area contributed by atoms with E-state index >= 15 is 0 Å². The number of benzene rings is 2. The number of nitrogens with zero attached hydrogens (tertiary/aromatic N) is 2. The predicted octanol–water partition coefficient (Wildman–Crippen LogP) is 3.09. The molecule has 2 amide bonds. The number of hydrazine groups is 2. The van der Waals surface area contributed by atoms with Crippen LogP contribution in [0.5, 0.6) is 0 Å². The first-order chi connectivity index (χ1) is 12.7. The number of alkyl halides is 3. The number of nitrogens with one attached hydrogen (secondary N) is 3. The summed E-state index contributed by atoms with van der Waals surface area (Å²) in [6.07, 6.45) is -3.46. The van der Waals surface area contributed by atoms with E-state index in [9.17, 15) is 18.0 Å². The predicted molar refractivity (Wildman–Crippen MR) is 98.0 cm³/mol. The van der Waals surface area contributed by atoms with Crippen molar-refractivity contribution in [2.45, 2.75) is 6.18 Å². The first-order valence-corrected chi connectivity index (χ1v) is 7.65. The lowest BCUT2D eigenvalue weighted by molar-refractivity contribution is -0.137. The Kier molecular flexibility index (Phi) is 6.32. The average molecular weight is 402 g/mol. The van der Waals surface area contributed by atoms with Crippen LogP contribution in [0.3, 0.4) is 0 Å². The van der Waals surface area contributed by atoms with Gasteiger partial charge in [0.1, 0.15) is 6.34 Å². The molecule has 8 nitrogen and oxygen atoms in total. The zero-order chi connectivity index (χ0) is 20.0. The van der Waals surface area contributed by atoms with Gasteiger partial charge in [-0.1, -0.05) is 17.7 Å². The van der Waals surface area contributed by atoms with Crippen LogP contribution in [-0.4, -0.2) is 12.4 Å². The summed E-state index contributed by atoms with van der Waals surface area (Å²) in [6.45, 7) is 0. The molecule has 0 aromatic heterocycles. The second-order valence-electron chi connectivity index (χ2n) is 5.12. The van der Waals surface area contributed by atoms with Gasteiger partial charge in [0.05, 0.1) is 22.0 Å². The van der Waals surface area contributed by atoms with Gasteiger partial charge in [0.25, 0.3) is 0 Å². The highest BCUT2D eigenvalue weighted by Gasteiger charge is 2.33. The summed E-state index contributed by atoms with van der Waals surface area (Å²) < 4.78 is 38.5. The monoisotopic (exact) mass is 401 g/mol. The van der Waals surface area contributed by atoms with E-state index in [1.54, 1.807) is 24.3 Å². The van der Waals surface area contributed by atoms with Crippen molar-refractivity contribution < 1.29 is 18.0 Å². The van der Waals surface area contributed by atoms with Crippen molar-refractivity contribution in [2.24, 2.45) is 16.8 Å². The minimum Gasteiger partial charge on any atom is -0.322 e. The van der Waals surface area contributed by atoms with E-state index in [2.05, 4.69) is 21.3 Å². The topological polar surface area (TPSA) is 121 Å². The third kappa shape index (κ3) is 5.66. The fourth-order valence-corrected chi connectivity index (χ4v) is 2.22. The molecule has 144 valence electrons. The van der Waals surface area contributed by atoms with Gasteiger partial charge in [0.15, 0.2) is 0 Å². The maximum atomic E-state index is 12.8. The van der Waals surface area contributed by atoms with Crippen molar-refractivity contribution in [3.05, 3.63) is 53.1 Å². The molecule has 0 atom stereocenters. The van der Waals surface area contributed by atoms with Crippen LogP contribution >= 0.6 is 11.6 Å². The van der Waals surface area contributed by atoms with Gasteiger partial charge < -0.3 is 11.2 Å². The molecule has 0 spiro atoms. The Bertz CT molecular complexity index is 844. The molecule has 0 unspecified atom stereocenters. The van der Waals surface area contributed by atoms with E-state index in [4.69, 9.17) is 23.3 Å². The molecular formula is C15H15ClF3N7O. The Morgan fingerprint density at radius 1 is 1.19 bits per heavy atom. The van der Waals surface area contributed by atoms with Crippen LogP contribution in [0.2, 0.25) is 5.02 Å². The molecular weight excluding hydrogens is 387 g/mol. The van der Waals surface area contributed by atoms with Crippen LogP contribution in [0, 0.1) is 0 Å². The summed E-state index contributed by atoms with van der Waals surface area (Å²) in [6, 6.07) is 8.76. The Labute approximate surface area is 156 Å². The number of carbonyl (C=O) groups is 1. The summed E-state index contributed by atoms with van der Waals surface area (Å²) >= 11 is 5.53. The average Bonchev–Trinajstić information content (AvgIpc) is 2.61. The first kappa shape index (κ1) is 20.1. The minimum atomic E-state index is -4.63. The van der Waals surface area contributed by atoms with Gasteiger partial charge in [-0.3, -0.25) is 15.9 Å². The third-order valence-corrected chi connectivity index (χ3v) is 3.51. The van der Waals surface area contributed by atoms with Crippen LogP contribution in [-0.2, 0) is 6.18 Å². The fraction of sp³-hybridized carbons (Fsp3) is 0.0667. The zero-order valence-electron chi connectivity index (χ0n) is 13.6. The quantitative estimate of drug-likeness (QED) is 0.228. The molecule has 0 bridgehead atoms. The van der Waals surface area contributed by atoms with Crippen LogP contribution in [0.4, 0.5) is 35.0 Å². The third-order valence-electron chi connectivity index (χ3n) is 3.19. The highest BCUT2D eigenvalue weighted by atomic mass is 35.5. The molecule has 0 saturated carbocycles. The Balaban J connectivity index is 2.00. The Morgan fingerprint density at radius 3 is 2.59 bits per heavy atom. The van der Waals surface area contributed by atoms with Gasteiger partial charge in [0, 0.05) is 5.69 Å². The summed E-state index contributed by atoms with van der Waals surface area (Å²) in [7, 11) is 0. The molecule has 0 aliphatic heterocycles. The molecule has 2 aromatic carbocycles. The SMILES string of the molecule is N/N=C\N(N)c1cccc(NNC(=O)Nc2ccc(Cl)c(C(F)(F)F)c2)c1. The molecule has 0 fully saturated rings. The molecule has 2 aromatic rings. The van der Waals surface area contributed by atoms with Crippen molar-refractivity contribution in [3.8, 4) is 0 Å². The Morgan fingerprint density at radius 2 is 1.93 bits per heavy atom. The number of anilines is 3. The standard InChI is InChI=1S/C15H15ClF3N7O/c16-13-5-4-9(7-12(13)15(17,18)19)23-14(27)25-24-10-2-1-3-11(6-10)26(21)8-22-20/h1-8,24H,20-21H2,(H2,23,25,27)/b22-8-. The number of carbonyl (C=O) groups excluding carboxylic acids is 1. The summed E-state index contributed by atoms with van der Waals surface area (Å²) in [5, 5.41) is 6.23. The normalized spacial score (nSPS) is 11.3. The van der Waals surface area contributed by atoms with E-state index < -0.39 is 22.8 Å². The lowest BCUT2D eigenvalue weighted by Crippen LogP contribution is -2.34. The molecule has 0 radical (unpaired) electrons. The van der Waals surface area contributed by atoms with Crippen LogP contribution in [0.25, 0.3) is 0 Å². The van der Waals surface area contributed by atoms with E-state index in [0.29, 0.717) is 11.4 Å². The molecule has 27 heavy (non-hydrogen) atoms. The number of hydrogen-bond acceptors (Lipinski definition) is 5. The molecule has 0 aliphatic carbocycles. The molecule has 12 heteroatoms. The number of rotatable bonds is 5. The lowest BCUT2D eigenvalue weighted by Gasteiger charge is -2.15. The number of amides is 2. The van der Waals surface area contributed by atoms with E-state index in [1.165, 1.54) is 12.4 Å². The zero-order valence-corrected chi connectivity index (χ0v) is 14.3. The number of halogens is 4. The molecule has 0 heterocycles. The van der Waals surface area contributed by atoms with Crippen LogP contribution < -0.4 is 32.9 Å². The van der Waals surface area contributed by atoms with Gasteiger partial charge in [-0.05, 0) is 36.4 Å². The summed E-state index contributed by atoms with van der Waals surface area (Å²) in [5.74, 6) is 10.7. The molecule has 0 saturated heterocycles. The van der Waals surface area contributed by atoms with Crippen molar-refractivity contribution in [1.29, 1.82) is 0 Å². The smallest absolute Gasteiger partial charge is 0.322 e. The molecule has 2 rings (SSSR count). The first-order valence-electron chi connectivity index (χ1n) is 7.28. The number of nitrogens with two attached hydrogens (primary N) is 2. The van der Waals surface area contributed by atoms with Crippen molar-refractivity contribution in [1.82, 2.24) is 5.43 Å². The van der Waals surface area contributed by atoms with Crippen molar-refractivity contribution >= 4 is 41.0 Å². The number of hydrogen-bond donors (Lipinski definition) is 5. The molecule has 0 aliphatic rings. The number of urea groups is 1. The van der Waals surface area contributed by atoms with Crippen LogP contribution in [0.15, 0.2) is 47.6 Å². The maximum Gasteiger partial charge on any atom is 0.417 e. The van der Waals surface area contributed by atoms with Gasteiger partial charge >= 0.3 is 12.2 Å². The second kappa shape index (κ2) is 8.47.